The fourth-order valence-corrected chi connectivity index (χ4v) is 1.22. The zero-order valence-corrected chi connectivity index (χ0v) is 7.29. The van der Waals surface area contributed by atoms with E-state index in [0.717, 1.165) is 0 Å². The molecule has 0 aliphatic rings. The van der Waals surface area contributed by atoms with Crippen LogP contribution in [0.15, 0.2) is 0 Å². The summed E-state index contributed by atoms with van der Waals surface area (Å²) >= 11 is 4.54. The molecule has 0 spiro atoms. The molecule has 0 fully saturated rings. The molecule has 0 aliphatic carbocycles. The Balaban J connectivity index is 3.88. The molecule has 0 aromatic rings. The van der Waals surface area contributed by atoms with E-state index in [1.54, 1.807) is 6.92 Å². The van der Waals surface area contributed by atoms with E-state index in [9.17, 15) is 4.57 Å². The Morgan fingerprint density at radius 2 is 2.11 bits per heavy atom. The molecule has 0 aliphatic heterocycles. The fraction of sp³-hybridized carbons (Fsp3) is 0.750. The van der Waals surface area contributed by atoms with Crippen molar-refractivity contribution >= 4 is 24.9 Å². The minimum atomic E-state index is -2.87. The van der Waals surface area contributed by atoms with Gasteiger partial charge in [0.25, 0.3) is 0 Å². The van der Waals surface area contributed by atoms with Crippen molar-refractivity contribution in [1.29, 1.82) is 0 Å². The van der Waals surface area contributed by atoms with E-state index in [0.29, 0.717) is 0 Å². The number of thiocarbonyl (C=S) groups is 1. The van der Waals surface area contributed by atoms with E-state index in [4.69, 9.17) is 0 Å². The number of hydrogen-bond acceptors (Lipinski definition) is 4. The van der Waals surface area contributed by atoms with Crippen LogP contribution in [0.25, 0.3) is 0 Å². The molecular weight excluding hydrogens is 159 g/mol. The summed E-state index contributed by atoms with van der Waals surface area (Å²) in [6.45, 7) is 2.91. The standard InChI is InChI=1S/C4H9O3PS/c1-4(9)7-8(3,5)6-2/h1-3H3. The lowest BCUT2D eigenvalue weighted by Crippen LogP contribution is -1.94. The zero-order valence-electron chi connectivity index (χ0n) is 5.58. The van der Waals surface area contributed by atoms with Crippen molar-refractivity contribution in [1.82, 2.24) is 0 Å². The lowest BCUT2D eigenvalue weighted by molar-refractivity contribution is 0.327. The van der Waals surface area contributed by atoms with E-state index >= 15 is 0 Å². The Hall–Kier alpha value is 0.0800. The van der Waals surface area contributed by atoms with Gasteiger partial charge in [-0.05, 0) is 12.2 Å². The lowest BCUT2D eigenvalue weighted by Gasteiger charge is -2.09. The maximum atomic E-state index is 10.9. The summed E-state index contributed by atoms with van der Waals surface area (Å²) in [7, 11) is -1.55. The first-order valence-electron chi connectivity index (χ1n) is 2.31. The van der Waals surface area contributed by atoms with Crippen LogP contribution in [0.4, 0.5) is 0 Å². The van der Waals surface area contributed by atoms with Crippen molar-refractivity contribution in [3.05, 3.63) is 0 Å². The Morgan fingerprint density at radius 1 is 1.67 bits per heavy atom. The van der Waals surface area contributed by atoms with Crippen molar-refractivity contribution in [2.45, 2.75) is 6.92 Å². The van der Waals surface area contributed by atoms with Crippen molar-refractivity contribution < 1.29 is 13.6 Å². The molecule has 54 valence electrons. The Morgan fingerprint density at radius 3 is 2.22 bits per heavy atom. The van der Waals surface area contributed by atoms with Gasteiger partial charge in [-0.1, -0.05) is 0 Å². The van der Waals surface area contributed by atoms with E-state index in [1.807, 2.05) is 0 Å². The van der Waals surface area contributed by atoms with E-state index in [1.165, 1.54) is 13.8 Å². The first kappa shape index (κ1) is 9.08. The molecule has 5 heteroatoms. The lowest BCUT2D eigenvalue weighted by atomic mass is 10.9. The van der Waals surface area contributed by atoms with Gasteiger partial charge in [-0.25, -0.2) is 4.57 Å². The van der Waals surface area contributed by atoms with Crippen LogP contribution in [-0.4, -0.2) is 18.8 Å². The average molecular weight is 168 g/mol. The van der Waals surface area contributed by atoms with Crippen LogP contribution in [0.2, 0.25) is 0 Å². The van der Waals surface area contributed by atoms with Crippen molar-refractivity contribution in [2.75, 3.05) is 13.8 Å². The predicted octanol–water partition coefficient (Wildman–Crippen LogP) is 1.82. The van der Waals surface area contributed by atoms with Gasteiger partial charge >= 0.3 is 7.60 Å². The highest BCUT2D eigenvalue weighted by Gasteiger charge is 2.14. The molecule has 0 saturated heterocycles. The van der Waals surface area contributed by atoms with Gasteiger partial charge in [0, 0.05) is 20.7 Å². The number of hydrogen-bond donors (Lipinski definition) is 0. The van der Waals surface area contributed by atoms with Crippen molar-refractivity contribution in [2.24, 2.45) is 0 Å². The van der Waals surface area contributed by atoms with Crippen molar-refractivity contribution in [3.8, 4) is 0 Å². The SMILES string of the molecule is COP(C)(=O)OC(C)=S. The summed E-state index contributed by atoms with van der Waals surface area (Å²) in [6.07, 6.45) is 0. The van der Waals surface area contributed by atoms with Gasteiger partial charge in [0.2, 0.25) is 0 Å². The molecule has 0 amide bonds. The molecule has 0 aromatic carbocycles. The summed E-state index contributed by atoms with van der Waals surface area (Å²) in [4.78, 5) is 0. The quantitative estimate of drug-likeness (QED) is 0.465. The molecule has 1 unspecified atom stereocenters. The molecule has 0 heterocycles. The van der Waals surface area contributed by atoms with Gasteiger partial charge in [-0.3, -0.25) is 0 Å². The van der Waals surface area contributed by atoms with Gasteiger partial charge in [-0.15, -0.1) is 0 Å². The summed E-state index contributed by atoms with van der Waals surface area (Å²) in [5.41, 5.74) is 0. The zero-order chi connectivity index (χ0) is 7.49. The van der Waals surface area contributed by atoms with E-state index in [2.05, 4.69) is 21.3 Å². The molecule has 0 bridgehead atoms. The predicted molar refractivity (Wildman–Crippen MR) is 39.9 cm³/mol. The highest BCUT2D eigenvalue weighted by molar-refractivity contribution is 7.80. The van der Waals surface area contributed by atoms with Crippen LogP contribution in [0.5, 0.6) is 0 Å². The fourth-order valence-electron chi connectivity index (χ4n) is 0.271. The van der Waals surface area contributed by atoms with Gasteiger partial charge in [0.1, 0.15) is 0 Å². The molecule has 0 saturated carbocycles. The Kier molecular flexibility index (Phi) is 3.33. The van der Waals surface area contributed by atoms with Crippen LogP contribution in [0.1, 0.15) is 6.92 Å². The largest absolute Gasteiger partial charge is 0.418 e. The molecular formula is C4H9O3PS. The first-order chi connectivity index (χ1) is 3.98. The van der Waals surface area contributed by atoms with Crippen LogP contribution in [-0.2, 0) is 13.6 Å². The third-order valence-electron chi connectivity index (χ3n) is 0.626. The maximum Gasteiger partial charge on any atom is 0.376 e. The average Bonchev–Trinajstić information content (AvgIpc) is 1.63. The Labute approximate surface area is 59.9 Å². The molecule has 0 aromatic heterocycles. The third-order valence-corrected chi connectivity index (χ3v) is 2.10. The minimum Gasteiger partial charge on any atom is -0.418 e. The summed E-state index contributed by atoms with van der Waals surface area (Å²) in [5, 5.41) is 0.239. The second-order valence-electron chi connectivity index (χ2n) is 1.54. The second-order valence-corrected chi connectivity index (χ2v) is 4.20. The van der Waals surface area contributed by atoms with Gasteiger partial charge in [-0.2, -0.15) is 0 Å². The van der Waals surface area contributed by atoms with Crippen LogP contribution in [0, 0.1) is 0 Å². The second kappa shape index (κ2) is 3.30. The van der Waals surface area contributed by atoms with Gasteiger partial charge in [0.05, 0.1) is 0 Å². The number of rotatable bonds is 2. The molecule has 0 radical (unpaired) electrons. The summed E-state index contributed by atoms with van der Waals surface area (Å²) in [5.74, 6) is 0. The van der Waals surface area contributed by atoms with Crippen LogP contribution in [0.3, 0.4) is 0 Å². The molecule has 1 atom stereocenters. The normalized spacial score (nSPS) is 16.3. The molecule has 3 nitrogen and oxygen atoms in total. The monoisotopic (exact) mass is 168 g/mol. The van der Waals surface area contributed by atoms with E-state index in [-0.39, 0.29) is 5.05 Å². The Bertz CT molecular complexity index is 156. The van der Waals surface area contributed by atoms with E-state index < -0.39 is 7.60 Å². The van der Waals surface area contributed by atoms with Crippen molar-refractivity contribution in [3.63, 3.8) is 0 Å². The highest BCUT2D eigenvalue weighted by atomic mass is 32.1. The van der Waals surface area contributed by atoms with Gasteiger partial charge in [0.15, 0.2) is 5.05 Å². The molecule has 9 heavy (non-hydrogen) atoms. The van der Waals surface area contributed by atoms with Gasteiger partial charge < -0.3 is 9.05 Å². The molecule has 0 N–H and O–H groups in total. The smallest absolute Gasteiger partial charge is 0.376 e. The summed E-state index contributed by atoms with van der Waals surface area (Å²) < 4.78 is 20.0. The van der Waals surface area contributed by atoms with Crippen LogP contribution >= 0.6 is 19.8 Å². The van der Waals surface area contributed by atoms with Crippen LogP contribution < -0.4 is 0 Å². The highest BCUT2D eigenvalue weighted by Crippen LogP contribution is 2.42. The third kappa shape index (κ3) is 4.58. The maximum absolute atomic E-state index is 10.9. The topological polar surface area (TPSA) is 35.5 Å². The minimum absolute atomic E-state index is 0.239. The first-order valence-corrected chi connectivity index (χ1v) is 4.71. The summed E-state index contributed by atoms with van der Waals surface area (Å²) in [6, 6.07) is 0. The molecule has 0 rings (SSSR count).